The zero-order valence-electron chi connectivity index (χ0n) is 10.6. The molecule has 1 N–H and O–H groups in total. The van der Waals surface area contributed by atoms with E-state index in [0.29, 0.717) is 0 Å². The van der Waals surface area contributed by atoms with E-state index in [0.717, 1.165) is 12.5 Å². The van der Waals surface area contributed by atoms with Crippen molar-refractivity contribution in [2.24, 2.45) is 0 Å². The minimum absolute atomic E-state index is 0.267. The van der Waals surface area contributed by atoms with Gasteiger partial charge in [0.15, 0.2) is 0 Å². The first-order valence-corrected chi connectivity index (χ1v) is 6.05. The summed E-state index contributed by atoms with van der Waals surface area (Å²) in [4.78, 5) is 4.33. The minimum Gasteiger partial charge on any atom is -0.349 e. The van der Waals surface area contributed by atoms with E-state index in [9.17, 15) is 0 Å². The second kappa shape index (κ2) is 5.04. The fraction of sp³-hybridized carbons (Fsp3) is 0.357. The number of aryl methyl sites for hydroxylation is 2. The third kappa shape index (κ3) is 2.49. The molecule has 1 unspecified atom stereocenters. The molecule has 0 aliphatic rings. The molecule has 2 rings (SSSR count). The summed E-state index contributed by atoms with van der Waals surface area (Å²) in [5.74, 6) is 0.934. The predicted molar refractivity (Wildman–Crippen MR) is 71.1 cm³/mol. The van der Waals surface area contributed by atoms with Crippen molar-refractivity contribution in [3.8, 4) is 0 Å². The number of nitrogens with zero attached hydrogens (tertiary/aromatic N) is 2. The van der Waals surface area contributed by atoms with Gasteiger partial charge in [0.05, 0.1) is 6.04 Å². The van der Waals surface area contributed by atoms with Gasteiger partial charge < -0.3 is 9.88 Å². The van der Waals surface area contributed by atoms with Gasteiger partial charge >= 0.3 is 0 Å². The Hall–Kier alpha value is -1.77. The highest BCUT2D eigenvalue weighted by molar-refractivity contribution is 5.36. The predicted octanol–water partition coefficient (Wildman–Crippen LogP) is 3.38. The molecule has 0 fully saturated rings. The molecule has 0 aliphatic heterocycles. The maximum absolute atomic E-state index is 4.33. The van der Waals surface area contributed by atoms with Gasteiger partial charge in [0.25, 0.3) is 0 Å². The van der Waals surface area contributed by atoms with Crippen LogP contribution >= 0.6 is 0 Å². The van der Waals surface area contributed by atoms with Crippen molar-refractivity contribution in [1.82, 2.24) is 9.55 Å². The number of hydrogen-bond acceptors (Lipinski definition) is 2. The molecular formula is C14H19N3. The van der Waals surface area contributed by atoms with Crippen molar-refractivity contribution in [2.45, 2.75) is 33.4 Å². The topological polar surface area (TPSA) is 29.9 Å². The number of imidazole rings is 1. The van der Waals surface area contributed by atoms with E-state index >= 15 is 0 Å². The highest BCUT2D eigenvalue weighted by Crippen LogP contribution is 2.20. The van der Waals surface area contributed by atoms with Crippen LogP contribution in [-0.2, 0) is 6.54 Å². The molecule has 0 saturated heterocycles. The molecule has 1 atom stereocenters. The van der Waals surface area contributed by atoms with E-state index in [1.807, 2.05) is 12.4 Å². The Balaban J connectivity index is 2.17. The molecule has 3 nitrogen and oxygen atoms in total. The number of rotatable bonds is 4. The molecule has 0 bridgehead atoms. The van der Waals surface area contributed by atoms with Gasteiger partial charge in [-0.15, -0.1) is 0 Å². The molecule has 17 heavy (non-hydrogen) atoms. The first-order valence-electron chi connectivity index (χ1n) is 6.05. The standard InChI is InChI=1S/C14H19N3/c1-4-17-10-9-15-14(17)16-12(3)13-8-6-5-7-11(13)2/h5-10,12H,4H2,1-3H3,(H,15,16). The van der Waals surface area contributed by atoms with Crippen LogP contribution in [0.5, 0.6) is 0 Å². The minimum atomic E-state index is 0.267. The molecule has 0 amide bonds. The molecule has 3 heteroatoms. The summed E-state index contributed by atoms with van der Waals surface area (Å²) in [6.07, 6.45) is 3.82. The Kier molecular flexibility index (Phi) is 3.47. The van der Waals surface area contributed by atoms with Crippen molar-refractivity contribution in [3.05, 3.63) is 47.8 Å². The van der Waals surface area contributed by atoms with Crippen molar-refractivity contribution in [1.29, 1.82) is 0 Å². The molecule has 0 saturated carbocycles. The quantitative estimate of drug-likeness (QED) is 0.871. The van der Waals surface area contributed by atoms with Crippen LogP contribution in [0.1, 0.15) is 31.0 Å². The lowest BCUT2D eigenvalue weighted by molar-refractivity contribution is 0.743. The molecule has 1 aromatic heterocycles. The Bertz CT molecular complexity index is 488. The van der Waals surface area contributed by atoms with Crippen molar-refractivity contribution in [2.75, 3.05) is 5.32 Å². The Morgan fingerprint density at radius 3 is 2.82 bits per heavy atom. The first kappa shape index (κ1) is 11.7. The van der Waals surface area contributed by atoms with Gasteiger partial charge in [-0.05, 0) is 31.9 Å². The molecule has 1 aromatic carbocycles. The van der Waals surface area contributed by atoms with Gasteiger partial charge in [0.1, 0.15) is 0 Å². The zero-order valence-corrected chi connectivity index (χ0v) is 10.6. The van der Waals surface area contributed by atoms with Gasteiger partial charge in [0, 0.05) is 18.9 Å². The second-order valence-corrected chi connectivity index (χ2v) is 4.26. The molecule has 0 radical (unpaired) electrons. The monoisotopic (exact) mass is 229 g/mol. The average molecular weight is 229 g/mol. The third-order valence-corrected chi connectivity index (χ3v) is 3.06. The summed E-state index contributed by atoms with van der Waals surface area (Å²) in [6, 6.07) is 8.71. The number of aromatic nitrogens is 2. The number of benzene rings is 1. The lowest BCUT2D eigenvalue weighted by atomic mass is 10.0. The summed E-state index contributed by atoms with van der Waals surface area (Å²) < 4.78 is 2.11. The summed E-state index contributed by atoms with van der Waals surface area (Å²) in [5, 5.41) is 3.45. The van der Waals surface area contributed by atoms with Crippen molar-refractivity contribution in [3.63, 3.8) is 0 Å². The van der Waals surface area contributed by atoms with Crippen molar-refractivity contribution >= 4 is 5.95 Å². The van der Waals surface area contributed by atoms with Crippen LogP contribution in [0.2, 0.25) is 0 Å². The first-order chi connectivity index (χ1) is 8.22. The van der Waals surface area contributed by atoms with Crippen LogP contribution in [0.3, 0.4) is 0 Å². The van der Waals surface area contributed by atoms with Gasteiger partial charge in [-0.3, -0.25) is 0 Å². The maximum Gasteiger partial charge on any atom is 0.203 e. The lowest BCUT2D eigenvalue weighted by Gasteiger charge is -2.17. The largest absolute Gasteiger partial charge is 0.349 e. The van der Waals surface area contributed by atoms with E-state index in [1.54, 1.807) is 0 Å². The van der Waals surface area contributed by atoms with Crippen LogP contribution in [0, 0.1) is 6.92 Å². The van der Waals surface area contributed by atoms with Gasteiger partial charge in [-0.25, -0.2) is 4.98 Å². The van der Waals surface area contributed by atoms with Crippen LogP contribution in [0.4, 0.5) is 5.95 Å². The summed E-state index contributed by atoms with van der Waals surface area (Å²) >= 11 is 0. The maximum atomic E-state index is 4.33. The van der Waals surface area contributed by atoms with Crippen LogP contribution in [0.25, 0.3) is 0 Å². The Morgan fingerprint density at radius 2 is 2.12 bits per heavy atom. The fourth-order valence-electron chi connectivity index (χ4n) is 2.05. The molecule has 0 spiro atoms. The van der Waals surface area contributed by atoms with Crippen LogP contribution < -0.4 is 5.32 Å². The molecule has 90 valence electrons. The second-order valence-electron chi connectivity index (χ2n) is 4.26. The van der Waals surface area contributed by atoms with E-state index < -0.39 is 0 Å². The summed E-state index contributed by atoms with van der Waals surface area (Å²) in [7, 11) is 0. The number of anilines is 1. The van der Waals surface area contributed by atoms with Crippen LogP contribution in [-0.4, -0.2) is 9.55 Å². The number of nitrogens with one attached hydrogen (secondary N) is 1. The van der Waals surface area contributed by atoms with E-state index in [-0.39, 0.29) is 6.04 Å². The molecular weight excluding hydrogens is 210 g/mol. The Morgan fingerprint density at radius 1 is 1.35 bits per heavy atom. The van der Waals surface area contributed by atoms with Crippen LogP contribution in [0.15, 0.2) is 36.7 Å². The molecule has 1 heterocycles. The smallest absolute Gasteiger partial charge is 0.203 e. The normalized spacial score (nSPS) is 12.4. The summed E-state index contributed by atoms with van der Waals surface area (Å²) in [5.41, 5.74) is 2.63. The fourth-order valence-corrected chi connectivity index (χ4v) is 2.05. The van der Waals surface area contributed by atoms with Gasteiger partial charge in [0.2, 0.25) is 5.95 Å². The number of hydrogen-bond donors (Lipinski definition) is 1. The lowest BCUT2D eigenvalue weighted by Crippen LogP contribution is -2.12. The van der Waals surface area contributed by atoms with E-state index in [4.69, 9.17) is 0 Å². The molecule has 0 aliphatic carbocycles. The van der Waals surface area contributed by atoms with Gasteiger partial charge in [-0.2, -0.15) is 0 Å². The Labute approximate surface area is 103 Å². The van der Waals surface area contributed by atoms with E-state index in [1.165, 1.54) is 11.1 Å². The van der Waals surface area contributed by atoms with E-state index in [2.05, 4.69) is 59.9 Å². The highest BCUT2D eigenvalue weighted by atomic mass is 15.2. The third-order valence-electron chi connectivity index (χ3n) is 3.06. The zero-order chi connectivity index (χ0) is 12.3. The van der Waals surface area contributed by atoms with Gasteiger partial charge in [-0.1, -0.05) is 24.3 Å². The van der Waals surface area contributed by atoms with Crippen molar-refractivity contribution < 1.29 is 0 Å². The highest BCUT2D eigenvalue weighted by Gasteiger charge is 2.10. The SMILES string of the molecule is CCn1ccnc1NC(C)c1ccccc1C. The average Bonchev–Trinajstić information content (AvgIpc) is 2.76. The molecule has 2 aromatic rings. The summed E-state index contributed by atoms with van der Waals surface area (Å²) in [6.45, 7) is 7.35.